The molecule has 0 bridgehead atoms. The number of halogens is 1. The van der Waals surface area contributed by atoms with Gasteiger partial charge in [-0.2, -0.15) is 10.2 Å². The molecule has 5 rings (SSSR count). The number of hydrogen-bond acceptors (Lipinski definition) is 9. The molecule has 14 heteroatoms. The summed E-state index contributed by atoms with van der Waals surface area (Å²) in [6, 6.07) is 15.7. The van der Waals surface area contributed by atoms with E-state index in [1.165, 1.54) is 37.3 Å². The molecule has 0 radical (unpaired) electrons. The first-order valence-electron chi connectivity index (χ1n) is 11.8. The average molecular weight is 562 g/mol. The summed E-state index contributed by atoms with van der Waals surface area (Å²) in [4.78, 5) is 32.0. The van der Waals surface area contributed by atoms with Gasteiger partial charge in [0.05, 0.1) is 16.7 Å². The molecule has 0 spiro atoms. The van der Waals surface area contributed by atoms with Crippen LogP contribution in [0.1, 0.15) is 19.8 Å². The molecule has 0 aliphatic heterocycles. The second-order valence-corrected chi connectivity index (χ2v) is 10.7. The van der Waals surface area contributed by atoms with Crippen LogP contribution in [0.25, 0.3) is 23.0 Å². The number of anilines is 3. The van der Waals surface area contributed by atoms with E-state index >= 15 is 0 Å². The lowest BCUT2D eigenvalue weighted by Gasteiger charge is -2.12. The second-order valence-electron chi connectivity index (χ2n) is 9.02. The summed E-state index contributed by atoms with van der Waals surface area (Å²) in [5, 5.41) is 18.1. The zero-order valence-corrected chi connectivity index (χ0v) is 21.6. The molecule has 1 aliphatic rings. The monoisotopic (exact) mass is 561 g/mol. The minimum Gasteiger partial charge on any atom is -0.332 e. The van der Waals surface area contributed by atoms with Gasteiger partial charge in [-0.3, -0.25) is 14.3 Å². The molecule has 202 valence electrons. The van der Waals surface area contributed by atoms with Crippen LogP contribution < -0.4 is 15.4 Å². The number of carbonyl (C=O) groups is 2. The zero-order valence-electron chi connectivity index (χ0n) is 20.8. The van der Waals surface area contributed by atoms with Crippen LogP contribution in [0, 0.1) is 22.6 Å². The first kappa shape index (κ1) is 26.4. The van der Waals surface area contributed by atoms with Gasteiger partial charge >= 0.3 is 0 Å². The van der Waals surface area contributed by atoms with E-state index in [2.05, 4.69) is 30.5 Å². The number of nitrogens with zero attached hydrogens (tertiary/aromatic N) is 4. The Morgan fingerprint density at radius 3 is 2.42 bits per heavy atom. The van der Waals surface area contributed by atoms with Crippen LogP contribution in [-0.4, -0.2) is 35.4 Å². The smallest absolute Gasteiger partial charge is 0.276 e. The van der Waals surface area contributed by atoms with Crippen LogP contribution in [0.15, 0.2) is 70.1 Å². The lowest BCUT2D eigenvalue weighted by Crippen LogP contribution is -2.23. The number of sulfonamides is 1. The quantitative estimate of drug-likeness (QED) is 0.287. The van der Waals surface area contributed by atoms with Gasteiger partial charge in [0.1, 0.15) is 22.7 Å². The predicted molar refractivity (Wildman–Crippen MR) is 140 cm³/mol. The van der Waals surface area contributed by atoms with Crippen molar-refractivity contribution in [3.05, 3.63) is 66.5 Å². The Morgan fingerprint density at radius 2 is 1.75 bits per heavy atom. The molecule has 12 nitrogen and oxygen atoms in total. The minimum absolute atomic E-state index is 0.0181. The van der Waals surface area contributed by atoms with Crippen molar-refractivity contribution in [3.8, 4) is 29.0 Å². The Morgan fingerprint density at radius 1 is 1.02 bits per heavy atom. The summed E-state index contributed by atoms with van der Waals surface area (Å²) in [5.41, 5.74) is -0.434. The molecule has 2 aromatic heterocycles. The van der Waals surface area contributed by atoms with E-state index < -0.39 is 27.2 Å². The topological polar surface area (TPSA) is 180 Å². The third-order valence-electron chi connectivity index (χ3n) is 5.93. The standard InChI is InChI=1S/C26H20FN7O5S/c1-15(35)29-22-4-2-3-21(31-22)24-32-23(33-39-24)16-5-7-20(8-6-16)40(37,38)34-19-12-17(27)11-18(13-19)30-25(36)26(14-28)9-10-26/h2-8,11-13,34H,9-10H2,1H3,(H,30,36)(H,29,31,35). The summed E-state index contributed by atoms with van der Waals surface area (Å²) in [7, 11) is -4.14. The fraction of sp³-hybridized carbons (Fsp3) is 0.154. The van der Waals surface area contributed by atoms with E-state index in [4.69, 9.17) is 9.78 Å². The van der Waals surface area contributed by atoms with Gasteiger partial charge < -0.3 is 15.2 Å². The van der Waals surface area contributed by atoms with E-state index in [0.717, 1.165) is 12.1 Å². The summed E-state index contributed by atoms with van der Waals surface area (Å²) in [6.07, 6.45) is 0.821. The van der Waals surface area contributed by atoms with Gasteiger partial charge in [0.2, 0.25) is 17.6 Å². The number of rotatable bonds is 8. The molecule has 1 aliphatic carbocycles. The van der Waals surface area contributed by atoms with Crippen LogP contribution in [-0.2, 0) is 19.6 Å². The Kier molecular flexibility index (Phi) is 6.74. The molecule has 1 saturated carbocycles. The summed E-state index contributed by atoms with van der Waals surface area (Å²) in [6.45, 7) is 1.36. The number of nitriles is 1. The minimum atomic E-state index is -4.14. The van der Waals surface area contributed by atoms with Crippen molar-refractivity contribution in [3.63, 3.8) is 0 Å². The molecular formula is C26H20FN7O5S. The maximum Gasteiger partial charge on any atom is 0.276 e. The Labute approximate surface area is 227 Å². The Bertz CT molecular complexity index is 1780. The Hall–Kier alpha value is -5.16. The average Bonchev–Trinajstić information content (AvgIpc) is 3.56. The van der Waals surface area contributed by atoms with Crippen LogP contribution in [0.5, 0.6) is 0 Å². The summed E-state index contributed by atoms with van der Waals surface area (Å²) >= 11 is 0. The summed E-state index contributed by atoms with van der Waals surface area (Å²) in [5.74, 6) is -1.05. The molecule has 0 saturated heterocycles. The SMILES string of the molecule is CC(=O)Nc1cccc(-c2nc(-c3ccc(S(=O)(=O)Nc4cc(F)cc(NC(=O)C5(C#N)CC5)c4)cc3)no2)n1. The van der Waals surface area contributed by atoms with E-state index in [9.17, 15) is 22.4 Å². The fourth-order valence-electron chi connectivity index (χ4n) is 3.73. The second kappa shape index (κ2) is 10.2. The number of pyridine rings is 1. The van der Waals surface area contributed by atoms with Gasteiger partial charge in [0.15, 0.2) is 0 Å². The van der Waals surface area contributed by atoms with Gasteiger partial charge in [-0.25, -0.2) is 17.8 Å². The highest BCUT2D eigenvalue weighted by Gasteiger charge is 2.50. The molecule has 4 aromatic rings. The molecule has 1 fully saturated rings. The van der Waals surface area contributed by atoms with Crippen molar-refractivity contribution >= 4 is 39.0 Å². The lowest BCUT2D eigenvalue weighted by atomic mass is 10.1. The van der Waals surface area contributed by atoms with Crippen molar-refractivity contribution in [1.82, 2.24) is 15.1 Å². The number of carbonyl (C=O) groups excluding carboxylic acids is 2. The highest BCUT2D eigenvalue weighted by Crippen LogP contribution is 2.45. The molecule has 2 heterocycles. The number of hydrogen-bond donors (Lipinski definition) is 3. The first-order valence-corrected chi connectivity index (χ1v) is 13.3. The number of amides is 2. The normalized spacial score (nSPS) is 13.6. The van der Waals surface area contributed by atoms with Gasteiger partial charge in [0, 0.05) is 18.2 Å². The van der Waals surface area contributed by atoms with Crippen LogP contribution in [0.4, 0.5) is 21.6 Å². The molecule has 0 atom stereocenters. The predicted octanol–water partition coefficient (Wildman–Crippen LogP) is 3.94. The van der Waals surface area contributed by atoms with Gasteiger partial charge in [-0.1, -0.05) is 11.2 Å². The number of benzene rings is 2. The molecular weight excluding hydrogens is 541 g/mol. The van der Waals surface area contributed by atoms with Crippen molar-refractivity contribution in [2.45, 2.75) is 24.7 Å². The Balaban J connectivity index is 1.31. The van der Waals surface area contributed by atoms with Crippen LogP contribution >= 0.6 is 0 Å². The van der Waals surface area contributed by atoms with Gasteiger partial charge in [-0.15, -0.1) is 0 Å². The van der Waals surface area contributed by atoms with Crippen LogP contribution in [0.2, 0.25) is 0 Å². The molecule has 2 aromatic carbocycles. The van der Waals surface area contributed by atoms with Gasteiger partial charge in [0.25, 0.3) is 15.9 Å². The summed E-state index contributed by atoms with van der Waals surface area (Å²) < 4.78 is 47.7. The largest absolute Gasteiger partial charge is 0.332 e. The van der Waals surface area contributed by atoms with Crippen LogP contribution in [0.3, 0.4) is 0 Å². The zero-order chi connectivity index (χ0) is 28.5. The number of aromatic nitrogens is 3. The molecule has 2 amide bonds. The van der Waals surface area contributed by atoms with Crippen molar-refractivity contribution in [2.75, 3.05) is 15.4 Å². The molecule has 0 unspecified atom stereocenters. The van der Waals surface area contributed by atoms with E-state index in [-0.39, 0.29) is 33.9 Å². The van der Waals surface area contributed by atoms with E-state index in [0.29, 0.717) is 29.9 Å². The third-order valence-corrected chi connectivity index (χ3v) is 7.32. The number of nitrogens with one attached hydrogen (secondary N) is 3. The molecule has 40 heavy (non-hydrogen) atoms. The highest BCUT2D eigenvalue weighted by atomic mass is 32.2. The highest BCUT2D eigenvalue weighted by molar-refractivity contribution is 7.92. The van der Waals surface area contributed by atoms with Crippen molar-refractivity contribution in [1.29, 1.82) is 5.26 Å². The lowest BCUT2D eigenvalue weighted by molar-refractivity contribution is -0.119. The maximum atomic E-state index is 14.2. The van der Waals surface area contributed by atoms with Gasteiger partial charge in [-0.05, 0) is 67.4 Å². The third kappa shape index (κ3) is 5.64. The van der Waals surface area contributed by atoms with Crippen molar-refractivity contribution < 1.29 is 26.9 Å². The van der Waals surface area contributed by atoms with Crippen molar-refractivity contribution in [2.24, 2.45) is 5.41 Å². The fourth-order valence-corrected chi connectivity index (χ4v) is 4.77. The van der Waals surface area contributed by atoms with E-state index in [1.54, 1.807) is 18.2 Å². The van der Waals surface area contributed by atoms with E-state index in [1.807, 2.05) is 6.07 Å². The molecule has 3 N–H and O–H groups in total. The first-order chi connectivity index (χ1) is 19.1. The maximum absolute atomic E-state index is 14.2.